The Hall–Kier alpha value is -2.63. The number of hydrogen-bond donors (Lipinski definition) is 1. The molecule has 1 aromatic heterocycles. The Morgan fingerprint density at radius 3 is 2.65 bits per heavy atom. The molecular formula is C19H16Cl2N4O. The molecule has 26 heavy (non-hydrogen) atoms. The standard InChI is InChI=1S/C19H16Cl2N4O/c1-12-6-3-4-9-16(12)19(26)23-22-11-17-13(2)24-25(18(17)21)15-8-5-7-14(20)10-15/h3-11H,1-2H3,(H,23,26)/b22-11-. The van der Waals surface area contributed by atoms with Crippen LogP contribution in [0, 0.1) is 13.8 Å². The summed E-state index contributed by atoms with van der Waals surface area (Å²) >= 11 is 12.5. The molecular weight excluding hydrogens is 371 g/mol. The molecule has 7 heteroatoms. The van der Waals surface area contributed by atoms with Gasteiger partial charge in [-0.05, 0) is 43.7 Å². The first-order valence-electron chi connectivity index (χ1n) is 7.87. The summed E-state index contributed by atoms with van der Waals surface area (Å²) in [6.45, 7) is 3.69. The summed E-state index contributed by atoms with van der Waals surface area (Å²) in [5.74, 6) is -0.282. The van der Waals surface area contributed by atoms with Crippen LogP contribution in [0.25, 0.3) is 5.69 Å². The number of aromatic nitrogens is 2. The van der Waals surface area contributed by atoms with Gasteiger partial charge in [-0.25, -0.2) is 10.1 Å². The zero-order chi connectivity index (χ0) is 18.7. The molecule has 3 aromatic rings. The second-order valence-electron chi connectivity index (χ2n) is 5.70. The molecule has 0 aliphatic rings. The summed E-state index contributed by atoms with van der Waals surface area (Å²) in [4.78, 5) is 12.2. The second kappa shape index (κ2) is 7.72. The van der Waals surface area contributed by atoms with Crippen LogP contribution in [0.2, 0.25) is 10.2 Å². The number of aryl methyl sites for hydroxylation is 2. The van der Waals surface area contributed by atoms with Gasteiger partial charge in [0.25, 0.3) is 5.91 Å². The van der Waals surface area contributed by atoms with Gasteiger partial charge in [-0.1, -0.05) is 47.5 Å². The number of carbonyl (C=O) groups excluding carboxylic acids is 1. The van der Waals surface area contributed by atoms with Gasteiger partial charge in [-0.15, -0.1) is 0 Å². The minimum absolute atomic E-state index is 0.282. The van der Waals surface area contributed by atoms with Gasteiger partial charge in [-0.2, -0.15) is 10.2 Å². The van der Waals surface area contributed by atoms with E-state index in [9.17, 15) is 4.79 Å². The third kappa shape index (κ3) is 3.79. The Kier molecular flexibility index (Phi) is 5.40. The van der Waals surface area contributed by atoms with Gasteiger partial charge < -0.3 is 0 Å². The minimum atomic E-state index is -0.282. The number of amides is 1. The summed E-state index contributed by atoms with van der Waals surface area (Å²) < 4.78 is 1.58. The molecule has 0 aliphatic carbocycles. The van der Waals surface area contributed by atoms with Crippen LogP contribution in [0.15, 0.2) is 53.6 Å². The minimum Gasteiger partial charge on any atom is -0.267 e. The lowest BCUT2D eigenvalue weighted by Crippen LogP contribution is -2.18. The third-order valence-electron chi connectivity index (χ3n) is 3.85. The maximum atomic E-state index is 12.2. The molecule has 1 N–H and O–H groups in total. The molecule has 5 nitrogen and oxygen atoms in total. The normalized spacial score (nSPS) is 11.1. The smallest absolute Gasteiger partial charge is 0.267 e. The number of hydrazone groups is 1. The number of halogens is 2. The summed E-state index contributed by atoms with van der Waals surface area (Å²) in [5.41, 5.74) is 6.01. The summed E-state index contributed by atoms with van der Waals surface area (Å²) in [7, 11) is 0. The van der Waals surface area contributed by atoms with E-state index in [1.165, 1.54) is 6.21 Å². The number of nitrogens with zero attached hydrogens (tertiary/aromatic N) is 3. The van der Waals surface area contributed by atoms with Crippen molar-refractivity contribution in [1.29, 1.82) is 0 Å². The van der Waals surface area contributed by atoms with Gasteiger partial charge in [0.1, 0.15) is 5.15 Å². The van der Waals surface area contributed by atoms with Crippen molar-refractivity contribution in [2.45, 2.75) is 13.8 Å². The van der Waals surface area contributed by atoms with E-state index in [1.807, 2.05) is 44.2 Å². The molecule has 0 saturated carbocycles. The maximum absolute atomic E-state index is 12.2. The van der Waals surface area contributed by atoms with Crippen LogP contribution in [0.4, 0.5) is 0 Å². The first kappa shape index (κ1) is 18.2. The average Bonchev–Trinajstić information content (AvgIpc) is 2.90. The van der Waals surface area contributed by atoms with Gasteiger partial charge in [0.15, 0.2) is 0 Å². The number of rotatable bonds is 4. The van der Waals surface area contributed by atoms with Crippen LogP contribution < -0.4 is 5.43 Å². The molecule has 0 atom stereocenters. The number of nitrogens with one attached hydrogen (secondary N) is 1. The molecule has 1 amide bonds. The summed E-state index contributed by atoms with van der Waals surface area (Å²) in [6, 6.07) is 14.5. The molecule has 0 spiro atoms. The van der Waals surface area contributed by atoms with Gasteiger partial charge in [0.2, 0.25) is 0 Å². The lowest BCUT2D eigenvalue weighted by Gasteiger charge is -2.04. The zero-order valence-corrected chi connectivity index (χ0v) is 15.7. The van der Waals surface area contributed by atoms with E-state index in [0.29, 0.717) is 27.0 Å². The van der Waals surface area contributed by atoms with E-state index >= 15 is 0 Å². The van der Waals surface area contributed by atoms with E-state index in [1.54, 1.807) is 22.9 Å². The highest BCUT2D eigenvalue weighted by Crippen LogP contribution is 2.23. The molecule has 0 fully saturated rings. The van der Waals surface area contributed by atoms with Crippen LogP contribution in [-0.2, 0) is 0 Å². The monoisotopic (exact) mass is 386 g/mol. The van der Waals surface area contributed by atoms with Gasteiger partial charge in [0, 0.05) is 10.6 Å². The maximum Gasteiger partial charge on any atom is 0.271 e. The highest BCUT2D eigenvalue weighted by molar-refractivity contribution is 6.32. The second-order valence-corrected chi connectivity index (χ2v) is 6.49. The topological polar surface area (TPSA) is 59.3 Å². The first-order valence-corrected chi connectivity index (χ1v) is 8.63. The third-order valence-corrected chi connectivity index (χ3v) is 4.45. The van der Waals surface area contributed by atoms with Crippen LogP contribution >= 0.6 is 23.2 Å². The number of benzene rings is 2. The Labute approximate surface area is 161 Å². The highest BCUT2D eigenvalue weighted by Gasteiger charge is 2.14. The average molecular weight is 387 g/mol. The predicted octanol–water partition coefficient (Wildman–Crippen LogP) is 4.56. The largest absolute Gasteiger partial charge is 0.271 e. The Bertz CT molecular complexity index is 995. The summed E-state index contributed by atoms with van der Waals surface area (Å²) in [5, 5.41) is 9.41. The fraction of sp³-hybridized carbons (Fsp3) is 0.105. The molecule has 132 valence electrons. The number of carbonyl (C=O) groups is 1. The first-order chi connectivity index (χ1) is 12.5. The van der Waals surface area contributed by atoms with Crippen molar-refractivity contribution in [3.63, 3.8) is 0 Å². The van der Waals surface area contributed by atoms with Crippen LogP contribution in [0.3, 0.4) is 0 Å². The van der Waals surface area contributed by atoms with Crippen LogP contribution in [0.5, 0.6) is 0 Å². The molecule has 0 bridgehead atoms. The Morgan fingerprint density at radius 1 is 1.15 bits per heavy atom. The lowest BCUT2D eigenvalue weighted by molar-refractivity contribution is 0.0954. The van der Waals surface area contributed by atoms with Gasteiger partial charge in [0.05, 0.1) is 23.2 Å². The molecule has 0 radical (unpaired) electrons. The van der Waals surface area contributed by atoms with E-state index in [-0.39, 0.29) is 5.91 Å². The lowest BCUT2D eigenvalue weighted by atomic mass is 10.1. The van der Waals surface area contributed by atoms with E-state index < -0.39 is 0 Å². The molecule has 0 unspecified atom stereocenters. The molecule has 1 heterocycles. The highest BCUT2D eigenvalue weighted by atomic mass is 35.5. The zero-order valence-electron chi connectivity index (χ0n) is 14.2. The van der Waals surface area contributed by atoms with Gasteiger partial charge >= 0.3 is 0 Å². The quantitative estimate of drug-likeness (QED) is 0.527. The van der Waals surface area contributed by atoms with Crippen molar-refractivity contribution < 1.29 is 4.79 Å². The van der Waals surface area contributed by atoms with Crippen molar-refractivity contribution in [3.05, 3.63) is 81.1 Å². The fourth-order valence-electron chi connectivity index (χ4n) is 2.48. The molecule has 2 aromatic carbocycles. The summed E-state index contributed by atoms with van der Waals surface area (Å²) in [6.07, 6.45) is 1.49. The van der Waals surface area contributed by atoms with Crippen molar-refractivity contribution in [1.82, 2.24) is 15.2 Å². The van der Waals surface area contributed by atoms with E-state index in [4.69, 9.17) is 23.2 Å². The van der Waals surface area contributed by atoms with Crippen molar-refractivity contribution in [3.8, 4) is 5.69 Å². The Balaban J connectivity index is 1.81. The van der Waals surface area contributed by atoms with Gasteiger partial charge in [-0.3, -0.25) is 4.79 Å². The fourth-order valence-corrected chi connectivity index (χ4v) is 2.99. The number of hydrogen-bond acceptors (Lipinski definition) is 3. The molecule has 3 rings (SSSR count). The van der Waals surface area contributed by atoms with Crippen LogP contribution in [0.1, 0.15) is 27.2 Å². The SMILES string of the molecule is Cc1ccccc1C(=O)N/N=C\c1c(C)nn(-c2cccc(Cl)c2)c1Cl. The molecule has 0 saturated heterocycles. The predicted molar refractivity (Wildman–Crippen MR) is 105 cm³/mol. The van der Waals surface area contributed by atoms with E-state index in [0.717, 1.165) is 11.3 Å². The van der Waals surface area contributed by atoms with Crippen molar-refractivity contribution >= 4 is 35.3 Å². The van der Waals surface area contributed by atoms with Crippen molar-refractivity contribution in [2.75, 3.05) is 0 Å². The van der Waals surface area contributed by atoms with Crippen LogP contribution in [-0.4, -0.2) is 21.9 Å². The Morgan fingerprint density at radius 2 is 1.92 bits per heavy atom. The molecule has 0 aliphatic heterocycles. The van der Waals surface area contributed by atoms with Crippen molar-refractivity contribution in [2.24, 2.45) is 5.10 Å². The van der Waals surface area contributed by atoms with E-state index in [2.05, 4.69) is 15.6 Å².